The molecule has 0 fully saturated rings. The van der Waals surface area contributed by atoms with Crippen LogP contribution in [0.2, 0.25) is 0 Å². The van der Waals surface area contributed by atoms with Crippen LogP contribution >= 0.6 is 0 Å². The van der Waals surface area contributed by atoms with Gasteiger partial charge in [-0.2, -0.15) is 0 Å². The molecular weight excluding hydrogens is 278 g/mol. The summed E-state index contributed by atoms with van der Waals surface area (Å²) in [7, 11) is 0. The molecule has 0 aliphatic carbocycles. The van der Waals surface area contributed by atoms with Crippen LogP contribution in [-0.4, -0.2) is 28.2 Å². The van der Waals surface area contributed by atoms with Crippen LogP contribution in [0.5, 0.6) is 0 Å². The van der Waals surface area contributed by atoms with E-state index >= 15 is 0 Å². The molecule has 110 valence electrons. The Morgan fingerprint density at radius 2 is 1.86 bits per heavy atom. The van der Waals surface area contributed by atoms with E-state index in [1.165, 1.54) is 4.90 Å². The van der Waals surface area contributed by atoms with E-state index in [-0.39, 0.29) is 18.4 Å². The van der Waals surface area contributed by atoms with Gasteiger partial charge in [0, 0.05) is 23.0 Å². The van der Waals surface area contributed by atoms with Crippen molar-refractivity contribution in [3.8, 4) is 0 Å². The SMILES string of the molecule is C=C1c2ccccc2C(=O)N1CC(=O)NCc1ccccn1. The average molecular weight is 293 g/mol. The highest BCUT2D eigenvalue weighted by Crippen LogP contribution is 2.30. The van der Waals surface area contributed by atoms with Crippen molar-refractivity contribution in [1.29, 1.82) is 0 Å². The van der Waals surface area contributed by atoms with Crippen LogP contribution in [0.15, 0.2) is 55.2 Å². The maximum Gasteiger partial charge on any atom is 0.259 e. The normalized spacial score (nSPS) is 13.2. The van der Waals surface area contributed by atoms with Gasteiger partial charge in [-0.3, -0.25) is 19.5 Å². The summed E-state index contributed by atoms with van der Waals surface area (Å²) in [6, 6.07) is 12.7. The van der Waals surface area contributed by atoms with Gasteiger partial charge >= 0.3 is 0 Å². The first-order valence-corrected chi connectivity index (χ1v) is 6.93. The maximum absolute atomic E-state index is 12.3. The molecule has 0 bridgehead atoms. The number of nitrogens with zero attached hydrogens (tertiary/aromatic N) is 2. The molecule has 2 heterocycles. The Kier molecular flexibility index (Phi) is 3.70. The predicted molar refractivity (Wildman–Crippen MR) is 82.6 cm³/mol. The first-order chi connectivity index (χ1) is 10.7. The molecule has 0 radical (unpaired) electrons. The number of carbonyl (C=O) groups excluding carboxylic acids is 2. The van der Waals surface area contributed by atoms with Gasteiger partial charge in [-0.25, -0.2) is 0 Å². The number of rotatable bonds is 4. The van der Waals surface area contributed by atoms with Crippen LogP contribution in [0.1, 0.15) is 21.6 Å². The zero-order valence-corrected chi connectivity index (χ0v) is 12.0. The lowest BCUT2D eigenvalue weighted by molar-refractivity contribution is -0.121. The fraction of sp³-hybridized carbons (Fsp3) is 0.118. The lowest BCUT2D eigenvalue weighted by Crippen LogP contribution is -2.36. The fourth-order valence-electron chi connectivity index (χ4n) is 2.39. The van der Waals surface area contributed by atoms with E-state index in [0.717, 1.165) is 11.3 Å². The summed E-state index contributed by atoms with van der Waals surface area (Å²) in [5, 5.41) is 2.76. The lowest BCUT2D eigenvalue weighted by Gasteiger charge is -2.16. The van der Waals surface area contributed by atoms with Gasteiger partial charge in [-0.05, 0) is 18.2 Å². The highest BCUT2D eigenvalue weighted by atomic mass is 16.2. The summed E-state index contributed by atoms with van der Waals surface area (Å²) >= 11 is 0. The van der Waals surface area contributed by atoms with Crippen LogP contribution in [0.4, 0.5) is 0 Å². The predicted octanol–water partition coefficient (Wildman–Crippen LogP) is 1.82. The molecule has 2 aromatic rings. The maximum atomic E-state index is 12.3. The molecule has 5 heteroatoms. The molecule has 22 heavy (non-hydrogen) atoms. The van der Waals surface area contributed by atoms with Gasteiger partial charge in [0.2, 0.25) is 5.91 Å². The molecule has 0 saturated heterocycles. The summed E-state index contributed by atoms with van der Waals surface area (Å²) in [6.07, 6.45) is 1.67. The summed E-state index contributed by atoms with van der Waals surface area (Å²) in [5.41, 5.74) is 2.70. The smallest absolute Gasteiger partial charge is 0.259 e. The zero-order valence-electron chi connectivity index (χ0n) is 12.0. The quantitative estimate of drug-likeness (QED) is 0.935. The minimum atomic E-state index is -0.243. The van der Waals surface area contributed by atoms with E-state index in [1.54, 1.807) is 18.3 Å². The Bertz CT molecular complexity index is 706. The van der Waals surface area contributed by atoms with Crippen LogP contribution in [-0.2, 0) is 11.3 Å². The van der Waals surface area contributed by atoms with E-state index < -0.39 is 0 Å². The molecule has 0 saturated carbocycles. The first kappa shape index (κ1) is 14.0. The fourth-order valence-corrected chi connectivity index (χ4v) is 2.39. The Balaban J connectivity index is 1.63. The zero-order chi connectivity index (χ0) is 15.5. The number of nitrogens with one attached hydrogen (secondary N) is 1. The highest BCUT2D eigenvalue weighted by Gasteiger charge is 2.31. The van der Waals surface area contributed by atoms with Crippen LogP contribution in [0.25, 0.3) is 5.70 Å². The Hall–Kier alpha value is -2.95. The van der Waals surface area contributed by atoms with Gasteiger partial charge < -0.3 is 5.32 Å². The van der Waals surface area contributed by atoms with Crippen molar-refractivity contribution in [2.75, 3.05) is 6.54 Å². The summed E-state index contributed by atoms with van der Waals surface area (Å²) < 4.78 is 0. The number of amides is 2. The largest absolute Gasteiger partial charge is 0.349 e. The third kappa shape index (κ3) is 2.61. The van der Waals surface area contributed by atoms with Gasteiger partial charge in [0.05, 0.1) is 12.2 Å². The van der Waals surface area contributed by atoms with Crippen molar-refractivity contribution in [3.63, 3.8) is 0 Å². The van der Waals surface area contributed by atoms with Crippen LogP contribution in [0.3, 0.4) is 0 Å². The number of hydrogen-bond donors (Lipinski definition) is 1. The molecule has 0 atom stereocenters. The van der Waals surface area contributed by atoms with Gasteiger partial charge in [-0.15, -0.1) is 0 Å². The van der Waals surface area contributed by atoms with Crippen LogP contribution in [0, 0.1) is 0 Å². The number of pyridine rings is 1. The van der Waals surface area contributed by atoms with Crippen molar-refractivity contribution in [1.82, 2.24) is 15.2 Å². The number of hydrogen-bond acceptors (Lipinski definition) is 3. The minimum absolute atomic E-state index is 0.0425. The van der Waals surface area contributed by atoms with Crippen molar-refractivity contribution in [3.05, 3.63) is 72.1 Å². The topological polar surface area (TPSA) is 62.3 Å². The Morgan fingerprint density at radius 1 is 1.14 bits per heavy atom. The molecule has 1 aromatic heterocycles. The second-order valence-corrected chi connectivity index (χ2v) is 4.98. The average Bonchev–Trinajstić information content (AvgIpc) is 2.79. The van der Waals surface area contributed by atoms with Gasteiger partial charge in [-0.1, -0.05) is 30.8 Å². The Morgan fingerprint density at radius 3 is 2.55 bits per heavy atom. The lowest BCUT2D eigenvalue weighted by atomic mass is 10.1. The monoisotopic (exact) mass is 293 g/mol. The molecule has 0 unspecified atom stereocenters. The standard InChI is InChI=1S/C17H15N3O2/c1-12-14-7-2-3-8-15(14)17(22)20(12)11-16(21)19-10-13-6-4-5-9-18-13/h2-9H,1,10-11H2,(H,19,21). The second-order valence-electron chi connectivity index (χ2n) is 4.98. The number of aromatic nitrogens is 1. The van der Waals surface area contributed by atoms with E-state index in [4.69, 9.17) is 0 Å². The minimum Gasteiger partial charge on any atom is -0.349 e. The number of benzene rings is 1. The highest BCUT2D eigenvalue weighted by molar-refractivity contribution is 6.10. The van der Waals surface area contributed by atoms with E-state index in [2.05, 4.69) is 16.9 Å². The summed E-state index contributed by atoms with van der Waals surface area (Å²) in [6.45, 7) is 4.20. The van der Waals surface area contributed by atoms with E-state index in [9.17, 15) is 9.59 Å². The molecule has 3 rings (SSSR count). The van der Waals surface area contributed by atoms with Crippen LogP contribution < -0.4 is 5.32 Å². The van der Waals surface area contributed by atoms with Gasteiger partial charge in [0.15, 0.2) is 0 Å². The molecule has 5 nitrogen and oxygen atoms in total. The third-order valence-corrected chi connectivity index (χ3v) is 3.53. The molecule has 1 aliphatic heterocycles. The number of fused-ring (bicyclic) bond motifs is 1. The summed E-state index contributed by atoms with van der Waals surface area (Å²) in [5.74, 6) is -0.429. The van der Waals surface area contributed by atoms with E-state index in [1.807, 2.05) is 30.3 Å². The third-order valence-electron chi connectivity index (χ3n) is 3.53. The number of carbonyl (C=O) groups is 2. The summed E-state index contributed by atoms with van der Waals surface area (Å²) in [4.78, 5) is 29.9. The van der Waals surface area contributed by atoms with E-state index in [0.29, 0.717) is 17.8 Å². The first-order valence-electron chi connectivity index (χ1n) is 6.93. The van der Waals surface area contributed by atoms with Crippen molar-refractivity contribution in [2.45, 2.75) is 6.54 Å². The molecule has 0 spiro atoms. The van der Waals surface area contributed by atoms with Gasteiger partial charge in [0.1, 0.15) is 6.54 Å². The Labute approximate surface area is 128 Å². The molecule has 2 amide bonds. The molecule has 1 N–H and O–H groups in total. The second kappa shape index (κ2) is 5.81. The van der Waals surface area contributed by atoms with Crippen molar-refractivity contribution >= 4 is 17.5 Å². The molecule has 1 aromatic carbocycles. The molecule has 1 aliphatic rings. The van der Waals surface area contributed by atoms with Gasteiger partial charge in [0.25, 0.3) is 5.91 Å². The van der Waals surface area contributed by atoms with Crippen molar-refractivity contribution in [2.24, 2.45) is 0 Å². The molecular formula is C17H15N3O2. The van der Waals surface area contributed by atoms with Crippen molar-refractivity contribution < 1.29 is 9.59 Å².